The van der Waals surface area contributed by atoms with E-state index in [2.05, 4.69) is 12.2 Å². The number of likely N-dealkylation sites (N-methyl/N-ethyl adjacent to an activating group) is 1. The summed E-state index contributed by atoms with van der Waals surface area (Å²) in [6.45, 7) is 2.17. The topological polar surface area (TPSA) is 92.5 Å². The summed E-state index contributed by atoms with van der Waals surface area (Å²) in [5.41, 5.74) is 0.972. The molecule has 3 N–H and O–H groups in total. The highest BCUT2D eigenvalue weighted by atomic mass is 19.4. The van der Waals surface area contributed by atoms with Crippen LogP contribution in [0.15, 0.2) is 36.4 Å². The second kappa shape index (κ2) is 10.6. The second-order valence-electron chi connectivity index (χ2n) is 11.6. The highest BCUT2D eigenvalue weighted by Gasteiger charge is 2.42. The first-order chi connectivity index (χ1) is 18.9. The first-order valence-corrected chi connectivity index (χ1v) is 13.7. The maximum atomic E-state index is 14.2. The molecule has 5 rings (SSSR count). The average Bonchev–Trinajstić information content (AvgIpc) is 3.22. The molecule has 10 heteroatoms. The molecule has 2 aromatic rings. The summed E-state index contributed by atoms with van der Waals surface area (Å²) in [6, 6.07) is 9.95. The maximum absolute atomic E-state index is 14.2. The van der Waals surface area contributed by atoms with E-state index >= 15 is 0 Å². The number of anilines is 1. The highest BCUT2D eigenvalue weighted by molar-refractivity contribution is 6.10. The SMILES string of the molecule is COC1CC([C@H](C(=N)N(C)C=N)c2cccc(N3Cc4c(cc(CNC5(C)CCC5)cc4C(F)(F)F)C3=O)c2)C1. The van der Waals surface area contributed by atoms with E-state index in [1.54, 1.807) is 38.4 Å². The number of alkyl halides is 3. The molecule has 40 heavy (non-hydrogen) atoms. The molecule has 0 saturated heterocycles. The number of nitrogens with zero attached hydrogens (tertiary/aromatic N) is 2. The lowest BCUT2D eigenvalue weighted by Gasteiger charge is -2.41. The molecule has 1 atom stereocenters. The van der Waals surface area contributed by atoms with Crippen LogP contribution in [-0.4, -0.2) is 48.8 Å². The van der Waals surface area contributed by atoms with Crippen molar-refractivity contribution in [3.63, 3.8) is 0 Å². The minimum atomic E-state index is -4.59. The van der Waals surface area contributed by atoms with Gasteiger partial charge in [0.1, 0.15) is 5.84 Å². The van der Waals surface area contributed by atoms with Gasteiger partial charge in [-0.3, -0.25) is 15.6 Å². The monoisotopic (exact) mass is 555 g/mol. The van der Waals surface area contributed by atoms with Gasteiger partial charge in [0.15, 0.2) is 0 Å². The first kappa shape index (κ1) is 28.3. The van der Waals surface area contributed by atoms with Crippen molar-refractivity contribution in [2.24, 2.45) is 5.92 Å². The number of nitrogens with one attached hydrogen (secondary N) is 3. The smallest absolute Gasteiger partial charge is 0.381 e. The minimum absolute atomic E-state index is 0.00345. The van der Waals surface area contributed by atoms with Gasteiger partial charge in [-0.15, -0.1) is 0 Å². The molecule has 0 radical (unpaired) electrons. The number of methoxy groups -OCH3 is 1. The summed E-state index contributed by atoms with van der Waals surface area (Å²) in [5.74, 6) is -0.430. The summed E-state index contributed by atoms with van der Waals surface area (Å²) in [4.78, 5) is 16.4. The lowest BCUT2D eigenvalue weighted by molar-refractivity contribution is -0.138. The van der Waals surface area contributed by atoms with E-state index in [4.69, 9.17) is 15.6 Å². The van der Waals surface area contributed by atoms with Crippen LogP contribution in [-0.2, 0) is 24.0 Å². The molecule has 214 valence electrons. The largest absolute Gasteiger partial charge is 0.416 e. The van der Waals surface area contributed by atoms with Crippen LogP contribution >= 0.6 is 0 Å². The zero-order chi connectivity index (χ0) is 28.8. The van der Waals surface area contributed by atoms with Gasteiger partial charge in [0, 0.05) is 43.4 Å². The number of amidine groups is 1. The Labute approximate surface area is 232 Å². The number of halogens is 3. The number of hydrogen-bond acceptors (Lipinski definition) is 5. The summed E-state index contributed by atoms with van der Waals surface area (Å²) in [6.07, 6.45) is 1.19. The van der Waals surface area contributed by atoms with Crippen molar-refractivity contribution in [3.8, 4) is 0 Å². The third kappa shape index (κ3) is 5.26. The van der Waals surface area contributed by atoms with Crippen molar-refractivity contribution in [1.82, 2.24) is 10.2 Å². The van der Waals surface area contributed by atoms with Crippen LogP contribution in [0.1, 0.15) is 77.6 Å². The summed E-state index contributed by atoms with van der Waals surface area (Å²) in [7, 11) is 3.31. The van der Waals surface area contributed by atoms with E-state index in [1.165, 1.54) is 15.9 Å². The van der Waals surface area contributed by atoms with Gasteiger partial charge in [-0.1, -0.05) is 12.1 Å². The zero-order valence-corrected chi connectivity index (χ0v) is 23.1. The highest BCUT2D eigenvalue weighted by Crippen LogP contribution is 2.44. The van der Waals surface area contributed by atoms with Gasteiger partial charge >= 0.3 is 6.18 Å². The predicted molar refractivity (Wildman–Crippen MR) is 148 cm³/mol. The Kier molecular flexibility index (Phi) is 7.52. The average molecular weight is 556 g/mol. The van der Waals surface area contributed by atoms with Crippen LogP contribution in [0, 0.1) is 16.7 Å². The molecule has 2 saturated carbocycles. The maximum Gasteiger partial charge on any atom is 0.416 e. The lowest BCUT2D eigenvalue weighted by Crippen LogP contribution is -2.47. The summed E-state index contributed by atoms with van der Waals surface area (Å²) in [5, 5.41) is 19.7. The molecule has 2 aliphatic carbocycles. The molecule has 2 fully saturated rings. The van der Waals surface area contributed by atoms with E-state index in [1.807, 2.05) is 6.07 Å². The van der Waals surface area contributed by atoms with Crippen molar-refractivity contribution in [3.05, 3.63) is 64.2 Å². The molecule has 0 spiro atoms. The fourth-order valence-corrected chi connectivity index (χ4v) is 6.13. The third-order valence-electron chi connectivity index (χ3n) is 8.93. The van der Waals surface area contributed by atoms with E-state index in [9.17, 15) is 18.0 Å². The quantitative estimate of drug-likeness (QED) is 0.265. The zero-order valence-electron chi connectivity index (χ0n) is 23.1. The van der Waals surface area contributed by atoms with Crippen LogP contribution in [0.25, 0.3) is 0 Å². The van der Waals surface area contributed by atoms with E-state index in [-0.39, 0.29) is 53.5 Å². The van der Waals surface area contributed by atoms with Crippen molar-refractivity contribution in [2.45, 2.75) is 75.9 Å². The van der Waals surface area contributed by atoms with Gasteiger partial charge in [-0.25, -0.2) is 0 Å². The molecule has 1 aliphatic heterocycles. The molecule has 0 bridgehead atoms. The Hall–Kier alpha value is -3.24. The molecule has 1 amide bonds. The molecule has 7 nitrogen and oxygen atoms in total. The van der Waals surface area contributed by atoms with Crippen molar-refractivity contribution >= 4 is 23.8 Å². The van der Waals surface area contributed by atoms with Crippen LogP contribution in [0.3, 0.4) is 0 Å². The number of ether oxygens (including phenoxy) is 1. The fraction of sp³-hybridized carbons (Fsp3) is 0.500. The second-order valence-corrected chi connectivity index (χ2v) is 11.6. The van der Waals surface area contributed by atoms with Gasteiger partial charge < -0.3 is 19.9 Å². The summed E-state index contributed by atoms with van der Waals surface area (Å²) >= 11 is 0. The standard InChI is InChI=1S/C30H36F3N5O2/c1-29(8-5-9-29)36-15-18-10-23-24(25(11-18)30(31,32)33)16-38(28(23)39)21-7-4-6-19(12-21)26(27(35)37(2)17-34)20-13-22(14-20)40-3/h4,6-7,10-12,17,20,22,26,34-36H,5,8-9,13-16H2,1-3H3/t20?,22?,26-/m1/s1. The third-order valence-corrected chi connectivity index (χ3v) is 8.93. The number of carbonyl (C=O) groups excluding carboxylic acids is 1. The van der Waals surface area contributed by atoms with Gasteiger partial charge in [0.2, 0.25) is 0 Å². The van der Waals surface area contributed by atoms with Crippen molar-refractivity contribution in [1.29, 1.82) is 10.8 Å². The Balaban J connectivity index is 1.45. The van der Waals surface area contributed by atoms with Gasteiger partial charge in [0.05, 0.1) is 24.6 Å². The van der Waals surface area contributed by atoms with E-state index < -0.39 is 17.6 Å². The number of hydrogen-bond donors (Lipinski definition) is 3. The Morgan fingerprint density at radius 3 is 2.60 bits per heavy atom. The Morgan fingerprint density at radius 1 is 1.27 bits per heavy atom. The summed E-state index contributed by atoms with van der Waals surface area (Å²) < 4.78 is 48.0. The van der Waals surface area contributed by atoms with Gasteiger partial charge in [-0.05, 0) is 85.9 Å². The Morgan fingerprint density at radius 2 is 2.00 bits per heavy atom. The number of amides is 1. The number of benzene rings is 2. The number of rotatable bonds is 9. The lowest BCUT2D eigenvalue weighted by atomic mass is 9.70. The van der Waals surface area contributed by atoms with Crippen LogP contribution < -0.4 is 10.2 Å². The van der Waals surface area contributed by atoms with E-state index in [0.717, 1.165) is 44.0 Å². The molecule has 2 aromatic carbocycles. The van der Waals surface area contributed by atoms with Crippen LogP contribution in [0.4, 0.5) is 18.9 Å². The molecule has 0 aromatic heterocycles. The minimum Gasteiger partial charge on any atom is -0.381 e. The predicted octanol–water partition coefficient (Wildman–Crippen LogP) is 5.92. The first-order valence-electron chi connectivity index (χ1n) is 13.7. The number of fused-ring (bicyclic) bond motifs is 1. The van der Waals surface area contributed by atoms with Crippen molar-refractivity contribution < 1.29 is 22.7 Å². The normalized spacial score (nSPS) is 22.2. The molecule has 1 heterocycles. The van der Waals surface area contributed by atoms with Crippen molar-refractivity contribution in [2.75, 3.05) is 19.1 Å². The van der Waals surface area contributed by atoms with Gasteiger partial charge in [0.25, 0.3) is 5.91 Å². The fourth-order valence-electron chi connectivity index (χ4n) is 6.13. The molecular formula is C30H36F3N5O2. The van der Waals surface area contributed by atoms with Crippen LogP contribution in [0.2, 0.25) is 0 Å². The van der Waals surface area contributed by atoms with Gasteiger partial charge in [-0.2, -0.15) is 13.2 Å². The molecular weight excluding hydrogens is 519 g/mol. The number of carbonyl (C=O) groups is 1. The molecule has 3 aliphatic rings. The Bertz CT molecular complexity index is 1320. The van der Waals surface area contributed by atoms with Crippen LogP contribution in [0.5, 0.6) is 0 Å². The van der Waals surface area contributed by atoms with E-state index in [0.29, 0.717) is 11.3 Å². The molecule has 0 unspecified atom stereocenters.